The van der Waals surface area contributed by atoms with E-state index >= 15 is 0 Å². The molecule has 0 heterocycles. The maximum absolute atomic E-state index is 14.3. The van der Waals surface area contributed by atoms with Crippen LogP contribution in [0.3, 0.4) is 0 Å². The van der Waals surface area contributed by atoms with Crippen molar-refractivity contribution in [3.05, 3.63) is 94.5 Å². The van der Waals surface area contributed by atoms with E-state index in [1.54, 1.807) is 38.3 Å². The van der Waals surface area contributed by atoms with Gasteiger partial charge in [0, 0.05) is 24.0 Å². The van der Waals surface area contributed by atoms with Gasteiger partial charge in [-0.1, -0.05) is 66.9 Å². The lowest BCUT2D eigenvalue weighted by Gasteiger charge is -2.34. The van der Waals surface area contributed by atoms with E-state index < -0.39 is 28.5 Å². The van der Waals surface area contributed by atoms with Crippen LogP contribution < -0.4 is 14.4 Å². The third kappa shape index (κ3) is 8.26. The van der Waals surface area contributed by atoms with E-state index in [0.29, 0.717) is 22.0 Å². The SMILES string of the molecule is COc1cccc(CN(C(=O)CN(c2ccc(Cl)cc2C)S(C)(=O)=O)[C@@H](Cc2ccccc2)C(=O)NC2CCCC2)c1. The summed E-state index contributed by atoms with van der Waals surface area (Å²) in [6.45, 7) is 1.35. The molecule has 2 amide bonds. The van der Waals surface area contributed by atoms with Crippen molar-refractivity contribution in [2.45, 2.75) is 57.7 Å². The first-order valence-electron chi connectivity index (χ1n) is 14.1. The number of nitrogens with one attached hydrogen (secondary N) is 1. The van der Waals surface area contributed by atoms with Crippen molar-refractivity contribution < 1.29 is 22.7 Å². The maximum atomic E-state index is 14.3. The molecular formula is C32H38ClN3O5S. The highest BCUT2D eigenvalue weighted by Crippen LogP contribution is 2.27. The van der Waals surface area contributed by atoms with Crippen LogP contribution in [0.5, 0.6) is 5.75 Å². The average molecular weight is 612 g/mol. The molecule has 0 radical (unpaired) electrons. The van der Waals surface area contributed by atoms with E-state index in [-0.39, 0.29) is 24.9 Å². The van der Waals surface area contributed by atoms with Gasteiger partial charge in [0.2, 0.25) is 21.8 Å². The molecule has 4 rings (SSSR count). The monoisotopic (exact) mass is 611 g/mol. The number of hydrogen-bond donors (Lipinski definition) is 1. The molecule has 0 saturated heterocycles. The van der Waals surface area contributed by atoms with Gasteiger partial charge in [0.05, 0.1) is 19.1 Å². The first-order chi connectivity index (χ1) is 20.0. The summed E-state index contributed by atoms with van der Waals surface area (Å²) in [5.74, 6) is -0.139. The van der Waals surface area contributed by atoms with Crippen molar-refractivity contribution in [3.8, 4) is 5.75 Å². The number of anilines is 1. The first kappa shape index (κ1) is 31.4. The summed E-state index contributed by atoms with van der Waals surface area (Å²) in [5, 5.41) is 3.63. The predicted molar refractivity (Wildman–Crippen MR) is 166 cm³/mol. The fraction of sp³-hybridized carbons (Fsp3) is 0.375. The van der Waals surface area contributed by atoms with Crippen LogP contribution in [0.4, 0.5) is 5.69 Å². The predicted octanol–water partition coefficient (Wildman–Crippen LogP) is 5.12. The number of nitrogens with zero attached hydrogens (tertiary/aromatic N) is 2. The van der Waals surface area contributed by atoms with Crippen molar-refractivity contribution in [1.29, 1.82) is 0 Å². The van der Waals surface area contributed by atoms with Crippen LogP contribution in [0, 0.1) is 6.92 Å². The molecular weight excluding hydrogens is 574 g/mol. The van der Waals surface area contributed by atoms with Gasteiger partial charge in [0.1, 0.15) is 18.3 Å². The Balaban J connectivity index is 1.75. The quantitative estimate of drug-likeness (QED) is 0.307. The van der Waals surface area contributed by atoms with E-state index in [9.17, 15) is 18.0 Å². The Bertz CT molecular complexity index is 1490. The zero-order chi connectivity index (χ0) is 30.3. The average Bonchev–Trinajstić information content (AvgIpc) is 3.47. The van der Waals surface area contributed by atoms with Gasteiger partial charge in [0.15, 0.2) is 0 Å². The number of hydrogen-bond acceptors (Lipinski definition) is 5. The van der Waals surface area contributed by atoms with Crippen molar-refractivity contribution in [1.82, 2.24) is 10.2 Å². The van der Waals surface area contributed by atoms with Crippen LogP contribution in [0.15, 0.2) is 72.8 Å². The van der Waals surface area contributed by atoms with Gasteiger partial charge in [0.25, 0.3) is 0 Å². The molecule has 0 aromatic heterocycles. The highest BCUT2D eigenvalue weighted by atomic mass is 35.5. The highest BCUT2D eigenvalue weighted by molar-refractivity contribution is 7.92. The second kappa shape index (κ2) is 14.1. The molecule has 1 saturated carbocycles. The zero-order valence-corrected chi connectivity index (χ0v) is 25.8. The topological polar surface area (TPSA) is 96.0 Å². The summed E-state index contributed by atoms with van der Waals surface area (Å²) in [4.78, 5) is 29.7. The summed E-state index contributed by atoms with van der Waals surface area (Å²) < 4.78 is 32.5. The molecule has 0 spiro atoms. The van der Waals surface area contributed by atoms with Gasteiger partial charge in [-0.2, -0.15) is 0 Å². The molecule has 10 heteroatoms. The van der Waals surface area contributed by atoms with E-state index in [4.69, 9.17) is 16.3 Å². The molecule has 0 bridgehead atoms. The van der Waals surface area contributed by atoms with E-state index in [1.807, 2.05) is 48.5 Å². The minimum atomic E-state index is -3.87. The molecule has 1 atom stereocenters. The van der Waals surface area contributed by atoms with Gasteiger partial charge in [-0.05, 0) is 66.8 Å². The number of ether oxygens (including phenoxy) is 1. The molecule has 1 aliphatic rings. The van der Waals surface area contributed by atoms with Gasteiger partial charge in [-0.3, -0.25) is 13.9 Å². The summed E-state index contributed by atoms with van der Waals surface area (Å²) in [6, 6.07) is 20.8. The maximum Gasteiger partial charge on any atom is 0.244 e. The van der Waals surface area contributed by atoms with Gasteiger partial charge >= 0.3 is 0 Å². The Labute approximate surface area is 253 Å². The Kier molecular flexibility index (Phi) is 10.5. The van der Waals surface area contributed by atoms with Crippen LogP contribution in [-0.4, -0.2) is 57.1 Å². The number of rotatable bonds is 12. The van der Waals surface area contributed by atoms with Crippen LogP contribution in [0.1, 0.15) is 42.4 Å². The summed E-state index contributed by atoms with van der Waals surface area (Å²) >= 11 is 6.13. The largest absolute Gasteiger partial charge is 0.497 e. The lowest BCUT2D eigenvalue weighted by atomic mass is 10.0. The molecule has 8 nitrogen and oxygen atoms in total. The third-order valence-corrected chi connectivity index (χ3v) is 8.93. The Morgan fingerprint density at radius 2 is 1.69 bits per heavy atom. The van der Waals surface area contributed by atoms with Gasteiger partial charge in [-0.15, -0.1) is 0 Å². The highest BCUT2D eigenvalue weighted by Gasteiger charge is 2.34. The number of amides is 2. The molecule has 3 aromatic rings. The standard InChI is InChI=1S/C32H38ClN3O5S/c1-23-18-26(33)16-17-29(23)36(42(3,39)40)22-31(37)35(21-25-12-9-15-28(19-25)41-2)30(20-24-10-5-4-6-11-24)32(38)34-27-13-7-8-14-27/h4-6,9-12,15-19,27,30H,7-8,13-14,20-22H2,1-3H3,(H,34,38)/t30-/m0/s1. The van der Waals surface area contributed by atoms with Gasteiger partial charge in [-0.25, -0.2) is 8.42 Å². The minimum Gasteiger partial charge on any atom is -0.497 e. The third-order valence-electron chi connectivity index (χ3n) is 7.57. The van der Waals surface area contributed by atoms with Crippen molar-refractivity contribution in [3.63, 3.8) is 0 Å². The molecule has 224 valence electrons. The van der Waals surface area contributed by atoms with Crippen molar-refractivity contribution in [2.75, 3.05) is 24.2 Å². The number of aryl methyl sites for hydroxylation is 1. The van der Waals surface area contributed by atoms with Crippen LogP contribution in [-0.2, 0) is 32.6 Å². The number of sulfonamides is 1. The van der Waals surface area contributed by atoms with Crippen LogP contribution >= 0.6 is 11.6 Å². The second-order valence-electron chi connectivity index (χ2n) is 10.8. The van der Waals surface area contributed by atoms with Crippen molar-refractivity contribution >= 4 is 39.1 Å². The normalized spacial score (nSPS) is 14.3. The lowest BCUT2D eigenvalue weighted by molar-refractivity contribution is -0.140. The second-order valence-corrected chi connectivity index (χ2v) is 13.1. The Hall–Kier alpha value is -3.56. The van der Waals surface area contributed by atoms with E-state index in [0.717, 1.165) is 47.4 Å². The molecule has 0 aliphatic heterocycles. The van der Waals surface area contributed by atoms with Crippen LogP contribution in [0.2, 0.25) is 5.02 Å². The summed E-state index contributed by atoms with van der Waals surface area (Å²) in [7, 11) is -2.30. The molecule has 3 aromatic carbocycles. The fourth-order valence-electron chi connectivity index (χ4n) is 5.38. The molecule has 1 aliphatic carbocycles. The minimum absolute atomic E-state index is 0.0498. The Morgan fingerprint density at radius 3 is 2.33 bits per heavy atom. The molecule has 42 heavy (non-hydrogen) atoms. The number of carbonyl (C=O) groups is 2. The van der Waals surface area contributed by atoms with Crippen molar-refractivity contribution in [2.24, 2.45) is 0 Å². The van der Waals surface area contributed by atoms with E-state index in [1.165, 1.54) is 4.90 Å². The summed E-state index contributed by atoms with van der Waals surface area (Å²) in [6.07, 6.45) is 5.22. The lowest BCUT2D eigenvalue weighted by Crippen LogP contribution is -2.54. The fourth-order valence-corrected chi connectivity index (χ4v) is 6.52. The summed E-state index contributed by atoms with van der Waals surface area (Å²) in [5.41, 5.74) is 2.61. The zero-order valence-electron chi connectivity index (χ0n) is 24.3. The number of methoxy groups -OCH3 is 1. The van der Waals surface area contributed by atoms with Crippen LogP contribution in [0.25, 0.3) is 0 Å². The Morgan fingerprint density at radius 1 is 1.00 bits per heavy atom. The molecule has 1 N–H and O–H groups in total. The first-order valence-corrected chi connectivity index (χ1v) is 16.3. The number of halogens is 1. The van der Waals surface area contributed by atoms with E-state index in [2.05, 4.69) is 5.32 Å². The number of benzene rings is 3. The molecule has 0 unspecified atom stereocenters. The molecule has 1 fully saturated rings. The smallest absolute Gasteiger partial charge is 0.244 e. The number of carbonyl (C=O) groups excluding carboxylic acids is 2. The van der Waals surface area contributed by atoms with Gasteiger partial charge < -0.3 is 15.0 Å².